The quantitative estimate of drug-likeness (QED) is 0.312. The van der Waals surface area contributed by atoms with Gasteiger partial charge in [0.25, 0.3) is 0 Å². The number of hydrogen-bond acceptors (Lipinski definition) is 6. The Hall–Kier alpha value is -4.51. The number of nitrogens with zero attached hydrogens (tertiary/aromatic N) is 2. The Morgan fingerprint density at radius 2 is 2.00 bits per heavy atom. The van der Waals surface area contributed by atoms with Crippen LogP contribution in [0.3, 0.4) is 0 Å². The number of carbonyl (C=O) groups is 3. The summed E-state index contributed by atoms with van der Waals surface area (Å²) in [5, 5.41) is 5.43. The predicted molar refractivity (Wildman–Crippen MR) is 162 cm³/mol. The molecule has 2 aliphatic heterocycles. The number of pyridine rings is 1. The average Bonchev–Trinajstić information content (AvgIpc) is 3.01. The summed E-state index contributed by atoms with van der Waals surface area (Å²) in [6, 6.07) is 11.1. The highest BCUT2D eigenvalue weighted by atomic mass is 35.5. The molecular weight excluding hydrogens is 594 g/mol. The lowest BCUT2D eigenvalue weighted by atomic mass is 9.91. The van der Waals surface area contributed by atoms with Crippen LogP contribution in [0, 0.1) is 11.7 Å². The third-order valence-electron chi connectivity index (χ3n) is 7.88. The summed E-state index contributed by atoms with van der Waals surface area (Å²) in [5.41, 5.74) is 3.29. The number of halogens is 3. The van der Waals surface area contributed by atoms with Gasteiger partial charge in [-0.05, 0) is 72.9 Å². The summed E-state index contributed by atoms with van der Waals surface area (Å²) in [4.78, 5) is 44.8. The number of carbonyl (C=O) groups excluding carboxylic acids is 3. The molecule has 2 bridgehead atoms. The van der Waals surface area contributed by atoms with Gasteiger partial charge in [0.15, 0.2) is 5.82 Å². The Bertz CT molecular complexity index is 1630. The number of fused-ring (bicyclic) bond motifs is 4. The van der Waals surface area contributed by atoms with Gasteiger partial charge in [0.1, 0.15) is 5.75 Å². The minimum Gasteiger partial charge on any atom is -0.462 e. The Kier molecular flexibility index (Phi) is 9.43. The maximum atomic E-state index is 15.1. The van der Waals surface area contributed by atoms with Gasteiger partial charge in [0, 0.05) is 36.0 Å². The van der Waals surface area contributed by atoms with E-state index in [-0.39, 0.29) is 53.1 Å². The lowest BCUT2D eigenvalue weighted by Crippen LogP contribution is -2.37. The van der Waals surface area contributed by atoms with Crippen molar-refractivity contribution >= 4 is 46.5 Å². The number of alkyl halides is 1. The second kappa shape index (κ2) is 13.4. The molecule has 3 heterocycles. The standard InChI is InChI=1S/C32H31ClF2N4O5/c1-18-4-3-5-26(39-13-11-20(15-28(39)40)29-27(44-17-34)9-8-23(33)30(29)35)19-10-12-36-24(14-19)22-7-6-21(37-32(42)43-2)16-25(22)38-31(18)41/h6-10,12,14-16,18,26H,3-5,11,13,17H2,1-2H3,(H,37,42)(H,38,41)/t18-,26+/m1/s1. The average molecular weight is 625 g/mol. The van der Waals surface area contributed by atoms with E-state index in [1.54, 1.807) is 29.3 Å². The van der Waals surface area contributed by atoms with E-state index < -0.39 is 18.8 Å². The van der Waals surface area contributed by atoms with E-state index in [0.29, 0.717) is 47.5 Å². The van der Waals surface area contributed by atoms with Gasteiger partial charge < -0.3 is 19.7 Å². The topological polar surface area (TPSA) is 110 Å². The number of rotatable bonds is 5. The van der Waals surface area contributed by atoms with Gasteiger partial charge in [0.05, 0.1) is 35.1 Å². The molecule has 0 aliphatic carbocycles. The van der Waals surface area contributed by atoms with Crippen LogP contribution in [0.15, 0.2) is 54.7 Å². The van der Waals surface area contributed by atoms with Gasteiger partial charge >= 0.3 is 6.09 Å². The Labute approximate surface area is 258 Å². The normalized spacial score (nSPS) is 18.7. The molecule has 0 radical (unpaired) electrons. The molecule has 2 aliphatic rings. The fourth-order valence-electron chi connectivity index (χ4n) is 5.60. The highest BCUT2D eigenvalue weighted by Crippen LogP contribution is 2.40. The van der Waals surface area contributed by atoms with Crippen molar-refractivity contribution in [2.45, 2.75) is 38.6 Å². The van der Waals surface area contributed by atoms with Crippen molar-refractivity contribution in [2.75, 3.05) is 31.1 Å². The zero-order valence-corrected chi connectivity index (χ0v) is 24.9. The number of aromatic nitrogens is 1. The molecule has 44 heavy (non-hydrogen) atoms. The number of hydrogen-bond donors (Lipinski definition) is 2. The van der Waals surface area contributed by atoms with Crippen LogP contribution < -0.4 is 15.4 Å². The number of nitrogens with one attached hydrogen (secondary N) is 2. The molecule has 5 rings (SSSR count). The molecule has 9 nitrogen and oxygen atoms in total. The van der Waals surface area contributed by atoms with Crippen LogP contribution in [0.1, 0.15) is 49.8 Å². The predicted octanol–water partition coefficient (Wildman–Crippen LogP) is 7.14. The van der Waals surface area contributed by atoms with Gasteiger partial charge in [-0.25, -0.2) is 13.6 Å². The molecule has 2 N–H and O–H groups in total. The minimum absolute atomic E-state index is 0.0226. The first-order chi connectivity index (χ1) is 21.2. The lowest BCUT2D eigenvalue weighted by Gasteiger charge is -2.35. The number of anilines is 2. The second-order valence-corrected chi connectivity index (χ2v) is 11.0. The monoisotopic (exact) mass is 624 g/mol. The molecular formula is C32H31ClF2N4O5. The van der Waals surface area contributed by atoms with Crippen molar-refractivity contribution in [2.24, 2.45) is 5.92 Å². The fraction of sp³-hybridized carbons (Fsp3) is 0.312. The zero-order valence-electron chi connectivity index (χ0n) is 24.2. The van der Waals surface area contributed by atoms with Crippen LogP contribution >= 0.6 is 11.6 Å². The molecule has 0 unspecified atom stereocenters. The van der Waals surface area contributed by atoms with Gasteiger partial charge in [-0.1, -0.05) is 24.9 Å². The molecule has 3 aromatic rings. The number of benzene rings is 2. The van der Waals surface area contributed by atoms with E-state index >= 15 is 4.39 Å². The number of ether oxygens (including phenoxy) is 2. The SMILES string of the molecule is COC(=O)Nc1ccc2c(c1)NC(=O)[C@H](C)CCC[C@H](N1CCC(c3c(OCF)ccc(Cl)c3F)=CC1=O)c1ccnc-2c1. The van der Waals surface area contributed by atoms with Gasteiger partial charge in [-0.15, -0.1) is 0 Å². The molecule has 2 atom stereocenters. The van der Waals surface area contributed by atoms with Crippen LogP contribution in [0.5, 0.6) is 5.75 Å². The van der Waals surface area contributed by atoms with Crippen LogP contribution in [0.25, 0.3) is 16.8 Å². The highest BCUT2D eigenvalue weighted by Gasteiger charge is 2.31. The first-order valence-electron chi connectivity index (χ1n) is 14.1. The summed E-state index contributed by atoms with van der Waals surface area (Å²) in [6.07, 6.45) is 4.43. The summed E-state index contributed by atoms with van der Waals surface area (Å²) >= 11 is 6.01. The zero-order chi connectivity index (χ0) is 31.4. The van der Waals surface area contributed by atoms with Crippen LogP contribution in [0.2, 0.25) is 5.02 Å². The molecule has 0 saturated carbocycles. The van der Waals surface area contributed by atoms with E-state index in [0.717, 1.165) is 5.56 Å². The van der Waals surface area contributed by atoms with Crippen molar-refractivity contribution in [1.29, 1.82) is 0 Å². The molecule has 230 valence electrons. The summed E-state index contributed by atoms with van der Waals surface area (Å²) < 4.78 is 37.8. The molecule has 3 amide bonds. The van der Waals surface area contributed by atoms with Crippen LogP contribution in [-0.2, 0) is 14.3 Å². The van der Waals surface area contributed by atoms with Gasteiger partial charge in [-0.2, -0.15) is 0 Å². The van der Waals surface area contributed by atoms with Crippen molar-refractivity contribution in [3.63, 3.8) is 0 Å². The molecule has 0 spiro atoms. The van der Waals surface area contributed by atoms with E-state index in [2.05, 4.69) is 20.4 Å². The third-order valence-corrected chi connectivity index (χ3v) is 8.17. The highest BCUT2D eigenvalue weighted by molar-refractivity contribution is 6.31. The molecule has 12 heteroatoms. The summed E-state index contributed by atoms with van der Waals surface area (Å²) in [6.45, 7) is 0.946. The Balaban J connectivity index is 1.52. The maximum Gasteiger partial charge on any atom is 0.411 e. The van der Waals surface area contributed by atoms with Crippen LogP contribution in [0.4, 0.5) is 25.0 Å². The van der Waals surface area contributed by atoms with Crippen molar-refractivity contribution in [3.05, 3.63) is 76.7 Å². The first-order valence-corrected chi connectivity index (χ1v) is 14.5. The fourth-order valence-corrected chi connectivity index (χ4v) is 5.76. The number of methoxy groups -OCH3 is 1. The molecule has 2 aromatic carbocycles. The van der Waals surface area contributed by atoms with Gasteiger partial charge in [0.2, 0.25) is 18.7 Å². The Morgan fingerprint density at radius 3 is 2.75 bits per heavy atom. The molecule has 0 fully saturated rings. The third kappa shape index (κ3) is 6.52. The maximum absolute atomic E-state index is 15.1. The Morgan fingerprint density at radius 1 is 1.18 bits per heavy atom. The number of amides is 3. The van der Waals surface area contributed by atoms with Crippen molar-refractivity contribution in [1.82, 2.24) is 9.88 Å². The minimum atomic E-state index is -1.16. The van der Waals surface area contributed by atoms with E-state index in [9.17, 15) is 18.8 Å². The summed E-state index contributed by atoms with van der Waals surface area (Å²) in [7, 11) is 1.26. The molecule has 1 aromatic heterocycles. The first kappa shape index (κ1) is 30.9. The second-order valence-electron chi connectivity index (χ2n) is 10.6. The van der Waals surface area contributed by atoms with E-state index in [1.165, 1.54) is 25.3 Å². The van der Waals surface area contributed by atoms with Gasteiger partial charge in [-0.3, -0.25) is 19.9 Å². The van der Waals surface area contributed by atoms with Crippen molar-refractivity contribution < 1.29 is 32.6 Å². The largest absolute Gasteiger partial charge is 0.462 e. The van der Waals surface area contributed by atoms with E-state index in [1.807, 2.05) is 19.1 Å². The van der Waals surface area contributed by atoms with Crippen LogP contribution in [-0.4, -0.2) is 48.3 Å². The lowest BCUT2D eigenvalue weighted by molar-refractivity contribution is -0.129. The van der Waals surface area contributed by atoms with Crippen molar-refractivity contribution in [3.8, 4) is 17.0 Å². The summed E-state index contributed by atoms with van der Waals surface area (Å²) in [5.74, 6) is -1.66. The van der Waals surface area contributed by atoms with E-state index in [4.69, 9.17) is 16.3 Å². The smallest absolute Gasteiger partial charge is 0.411 e. The molecule has 0 saturated heterocycles.